The van der Waals surface area contributed by atoms with Gasteiger partial charge in [0.25, 0.3) is 0 Å². The SMILES string of the molecule is CCC(C)(C)C1CCC(NC(=O)[C@@H]2CCCN2S(C)(=O)=O)CC1. The van der Waals surface area contributed by atoms with E-state index in [1.807, 2.05) is 0 Å². The van der Waals surface area contributed by atoms with Crippen molar-refractivity contribution >= 4 is 15.9 Å². The summed E-state index contributed by atoms with van der Waals surface area (Å²) in [6.45, 7) is 7.38. The van der Waals surface area contributed by atoms with Crippen LogP contribution in [0.5, 0.6) is 0 Å². The third kappa shape index (κ3) is 4.47. The number of carbonyl (C=O) groups is 1. The first-order chi connectivity index (χ1) is 10.6. The van der Waals surface area contributed by atoms with Gasteiger partial charge >= 0.3 is 0 Å². The lowest BCUT2D eigenvalue weighted by atomic mass is 9.69. The van der Waals surface area contributed by atoms with E-state index in [9.17, 15) is 13.2 Å². The monoisotopic (exact) mass is 344 g/mol. The van der Waals surface area contributed by atoms with Crippen molar-refractivity contribution < 1.29 is 13.2 Å². The zero-order valence-electron chi connectivity index (χ0n) is 15.0. The maximum Gasteiger partial charge on any atom is 0.238 e. The van der Waals surface area contributed by atoms with Crippen molar-refractivity contribution in [2.45, 2.75) is 77.8 Å². The van der Waals surface area contributed by atoms with Crippen LogP contribution in [-0.4, -0.2) is 43.5 Å². The van der Waals surface area contributed by atoms with Crippen molar-refractivity contribution in [1.82, 2.24) is 9.62 Å². The molecule has 1 amide bonds. The van der Waals surface area contributed by atoms with Crippen molar-refractivity contribution in [3.8, 4) is 0 Å². The van der Waals surface area contributed by atoms with Gasteiger partial charge in [-0.3, -0.25) is 4.79 Å². The number of rotatable bonds is 5. The van der Waals surface area contributed by atoms with E-state index >= 15 is 0 Å². The van der Waals surface area contributed by atoms with Crippen LogP contribution in [0.2, 0.25) is 0 Å². The van der Waals surface area contributed by atoms with Crippen LogP contribution in [0.1, 0.15) is 65.7 Å². The van der Waals surface area contributed by atoms with Gasteiger partial charge in [-0.15, -0.1) is 0 Å². The second-order valence-corrected chi connectivity index (χ2v) is 9.87. The van der Waals surface area contributed by atoms with Gasteiger partial charge in [-0.2, -0.15) is 4.31 Å². The topological polar surface area (TPSA) is 66.5 Å². The van der Waals surface area contributed by atoms with E-state index in [0.717, 1.165) is 38.0 Å². The molecule has 0 bridgehead atoms. The quantitative estimate of drug-likeness (QED) is 0.833. The first kappa shape index (κ1) is 18.7. The largest absolute Gasteiger partial charge is 0.352 e. The fourth-order valence-corrected chi connectivity index (χ4v) is 5.13. The Bertz CT molecular complexity index is 522. The number of hydrogen-bond donors (Lipinski definition) is 1. The summed E-state index contributed by atoms with van der Waals surface area (Å²) in [7, 11) is -3.30. The molecule has 0 aromatic heterocycles. The van der Waals surface area contributed by atoms with Gasteiger partial charge in [-0.05, 0) is 49.9 Å². The minimum Gasteiger partial charge on any atom is -0.352 e. The van der Waals surface area contributed by atoms with Gasteiger partial charge in [-0.25, -0.2) is 8.42 Å². The van der Waals surface area contributed by atoms with Gasteiger partial charge < -0.3 is 5.32 Å². The van der Waals surface area contributed by atoms with E-state index in [2.05, 4.69) is 26.1 Å². The van der Waals surface area contributed by atoms with Crippen molar-refractivity contribution in [3.63, 3.8) is 0 Å². The minimum atomic E-state index is -3.30. The predicted octanol–water partition coefficient (Wildman–Crippen LogP) is 2.52. The molecular weight excluding hydrogens is 312 g/mol. The maximum absolute atomic E-state index is 12.5. The lowest BCUT2D eigenvalue weighted by Crippen LogP contribution is -2.49. The van der Waals surface area contributed by atoms with Gasteiger partial charge in [0.15, 0.2) is 0 Å². The standard InChI is InChI=1S/C17H32N2O3S/c1-5-17(2,3)13-8-10-14(11-9-13)18-16(20)15-7-6-12-19(15)23(4,21)22/h13-15H,5-12H2,1-4H3,(H,18,20)/t13?,14?,15-/m0/s1. The van der Waals surface area contributed by atoms with Gasteiger partial charge in [0.2, 0.25) is 15.9 Å². The second-order valence-electron chi connectivity index (χ2n) is 7.93. The van der Waals surface area contributed by atoms with Gasteiger partial charge in [0.1, 0.15) is 6.04 Å². The third-order valence-corrected chi connectivity index (χ3v) is 7.31. The highest BCUT2D eigenvalue weighted by molar-refractivity contribution is 7.88. The van der Waals surface area contributed by atoms with Crippen LogP contribution in [0, 0.1) is 11.3 Å². The van der Waals surface area contributed by atoms with Crippen LogP contribution >= 0.6 is 0 Å². The van der Waals surface area contributed by atoms with E-state index in [0.29, 0.717) is 18.4 Å². The highest BCUT2D eigenvalue weighted by Crippen LogP contribution is 2.40. The average molecular weight is 345 g/mol. The maximum atomic E-state index is 12.5. The van der Waals surface area contributed by atoms with Crippen molar-refractivity contribution in [2.75, 3.05) is 12.8 Å². The molecule has 2 fully saturated rings. The smallest absolute Gasteiger partial charge is 0.238 e. The van der Waals surface area contributed by atoms with Gasteiger partial charge in [0, 0.05) is 12.6 Å². The molecule has 0 radical (unpaired) electrons. The van der Waals surface area contributed by atoms with E-state index < -0.39 is 16.1 Å². The molecule has 134 valence electrons. The van der Waals surface area contributed by atoms with Crippen LogP contribution in [0.3, 0.4) is 0 Å². The first-order valence-electron chi connectivity index (χ1n) is 8.92. The molecule has 1 heterocycles. The molecule has 1 saturated heterocycles. The summed E-state index contributed by atoms with van der Waals surface area (Å²) in [5.41, 5.74) is 0.369. The molecular formula is C17H32N2O3S. The van der Waals surface area contributed by atoms with Crippen LogP contribution in [-0.2, 0) is 14.8 Å². The lowest BCUT2D eigenvalue weighted by molar-refractivity contribution is -0.125. The molecule has 2 rings (SSSR count). The Morgan fingerprint density at radius 1 is 1.17 bits per heavy atom. The molecule has 2 aliphatic rings. The van der Waals surface area contributed by atoms with Gasteiger partial charge in [-0.1, -0.05) is 27.2 Å². The van der Waals surface area contributed by atoms with Crippen LogP contribution in [0.15, 0.2) is 0 Å². The first-order valence-corrected chi connectivity index (χ1v) is 10.8. The number of carbonyl (C=O) groups excluding carboxylic acids is 1. The normalized spacial score (nSPS) is 30.3. The van der Waals surface area contributed by atoms with Crippen LogP contribution in [0.4, 0.5) is 0 Å². The zero-order chi connectivity index (χ0) is 17.3. The van der Waals surface area contributed by atoms with E-state index in [-0.39, 0.29) is 11.9 Å². The minimum absolute atomic E-state index is 0.105. The van der Waals surface area contributed by atoms with Crippen LogP contribution < -0.4 is 5.32 Å². The van der Waals surface area contributed by atoms with Crippen molar-refractivity contribution in [1.29, 1.82) is 0 Å². The third-order valence-electron chi connectivity index (χ3n) is 6.02. The second kappa shape index (κ2) is 7.09. The van der Waals surface area contributed by atoms with Crippen LogP contribution in [0.25, 0.3) is 0 Å². The summed E-state index contributed by atoms with van der Waals surface area (Å²) in [5, 5.41) is 3.11. The molecule has 1 atom stereocenters. The predicted molar refractivity (Wildman–Crippen MR) is 92.5 cm³/mol. The Morgan fingerprint density at radius 2 is 1.78 bits per heavy atom. The molecule has 0 spiro atoms. The highest BCUT2D eigenvalue weighted by Gasteiger charge is 2.38. The fraction of sp³-hybridized carbons (Fsp3) is 0.941. The number of sulfonamides is 1. The molecule has 0 aromatic rings. The lowest BCUT2D eigenvalue weighted by Gasteiger charge is -2.39. The summed E-state index contributed by atoms with van der Waals surface area (Å²) in [5.74, 6) is 0.616. The molecule has 0 aromatic carbocycles. The Hall–Kier alpha value is -0.620. The summed E-state index contributed by atoms with van der Waals surface area (Å²) in [6.07, 6.45) is 8.08. The van der Waals surface area contributed by atoms with Crippen molar-refractivity contribution in [2.24, 2.45) is 11.3 Å². The van der Waals surface area contributed by atoms with E-state index in [1.54, 1.807) is 0 Å². The Morgan fingerprint density at radius 3 is 2.30 bits per heavy atom. The molecule has 1 aliphatic carbocycles. The molecule has 6 heteroatoms. The number of hydrogen-bond acceptors (Lipinski definition) is 3. The Balaban J connectivity index is 1.88. The summed E-state index contributed by atoms with van der Waals surface area (Å²) in [6, 6.07) is -0.303. The van der Waals surface area contributed by atoms with E-state index in [4.69, 9.17) is 0 Å². The average Bonchev–Trinajstić information content (AvgIpc) is 2.97. The molecule has 1 aliphatic heterocycles. The molecule has 1 saturated carbocycles. The van der Waals surface area contributed by atoms with Crippen molar-refractivity contribution in [3.05, 3.63) is 0 Å². The zero-order valence-corrected chi connectivity index (χ0v) is 15.8. The summed E-state index contributed by atoms with van der Waals surface area (Å²) >= 11 is 0. The fourth-order valence-electron chi connectivity index (χ4n) is 4.00. The van der Waals surface area contributed by atoms with E-state index in [1.165, 1.54) is 17.0 Å². The van der Waals surface area contributed by atoms with Gasteiger partial charge in [0.05, 0.1) is 6.26 Å². The molecule has 5 nitrogen and oxygen atoms in total. The Labute approximate surface area is 141 Å². The molecule has 1 N–H and O–H groups in total. The summed E-state index contributed by atoms with van der Waals surface area (Å²) < 4.78 is 24.9. The number of amides is 1. The molecule has 0 unspecified atom stereocenters. The highest BCUT2D eigenvalue weighted by atomic mass is 32.2. The summed E-state index contributed by atoms with van der Waals surface area (Å²) in [4.78, 5) is 12.5. The number of nitrogens with zero attached hydrogens (tertiary/aromatic N) is 1. The molecule has 23 heavy (non-hydrogen) atoms. The number of nitrogens with one attached hydrogen (secondary N) is 1. The Kier molecular flexibility index (Phi) is 5.77.